The topological polar surface area (TPSA) is 12.0 Å². The Labute approximate surface area is 74.7 Å². The van der Waals surface area contributed by atoms with Crippen LogP contribution in [0, 0.1) is 5.41 Å². The Morgan fingerprint density at radius 2 is 2.00 bits per heavy atom. The number of alkyl halides is 1. The van der Waals surface area contributed by atoms with E-state index in [9.17, 15) is 4.39 Å². The summed E-state index contributed by atoms with van der Waals surface area (Å²) in [5.74, 6) is 0. The average Bonchev–Trinajstić information content (AvgIpc) is 1.83. The van der Waals surface area contributed by atoms with Crippen LogP contribution in [0.1, 0.15) is 40.5 Å². The maximum Gasteiger partial charge on any atom is 0.103 e. The van der Waals surface area contributed by atoms with Gasteiger partial charge in [0.2, 0.25) is 0 Å². The van der Waals surface area contributed by atoms with E-state index >= 15 is 0 Å². The number of hydrogen-bond acceptors (Lipinski definition) is 1. The Hall–Kier alpha value is -0.110. The van der Waals surface area contributed by atoms with Gasteiger partial charge in [0.1, 0.15) is 6.17 Å². The van der Waals surface area contributed by atoms with Crippen molar-refractivity contribution in [2.45, 2.75) is 52.2 Å². The molecule has 12 heavy (non-hydrogen) atoms. The first-order valence-electron chi connectivity index (χ1n) is 4.74. The van der Waals surface area contributed by atoms with Crippen LogP contribution in [0.25, 0.3) is 0 Å². The van der Waals surface area contributed by atoms with Gasteiger partial charge in [-0.25, -0.2) is 4.39 Å². The molecule has 1 aliphatic rings. The SMILES string of the molecule is CC(C)(C)C1(C)CC(F)CCN1. The summed E-state index contributed by atoms with van der Waals surface area (Å²) in [6.07, 6.45) is 0.706. The molecular weight excluding hydrogens is 153 g/mol. The van der Waals surface area contributed by atoms with Gasteiger partial charge in [-0.1, -0.05) is 20.8 Å². The molecule has 72 valence electrons. The van der Waals surface area contributed by atoms with E-state index in [4.69, 9.17) is 0 Å². The third kappa shape index (κ3) is 1.79. The number of piperidine rings is 1. The van der Waals surface area contributed by atoms with Crippen LogP contribution in [0.5, 0.6) is 0 Å². The van der Waals surface area contributed by atoms with Gasteiger partial charge in [0, 0.05) is 5.54 Å². The normalized spacial score (nSPS) is 38.2. The molecule has 1 aliphatic heterocycles. The van der Waals surface area contributed by atoms with Crippen LogP contribution < -0.4 is 5.32 Å². The molecule has 0 aromatic rings. The lowest BCUT2D eigenvalue weighted by atomic mass is 9.70. The van der Waals surface area contributed by atoms with E-state index in [0.717, 1.165) is 6.54 Å². The first-order valence-corrected chi connectivity index (χ1v) is 4.74. The molecule has 0 aromatic carbocycles. The van der Waals surface area contributed by atoms with Gasteiger partial charge in [-0.2, -0.15) is 0 Å². The molecule has 1 N–H and O–H groups in total. The Kier molecular flexibility index (Phi) is 2.48. The molecule has 0 amide bonds. The molecule has 0 bridgehead atoms. The summed E-state index contributed by atoms with van der Waals surface area (Å²) in [7, 11) is 0. The van der Waals surface area contributed by atoms with Crippen molar-refractivity contribution in [2.24, 2.45) is 5.41 Å². The van der Waals surface area contributed by atoms with Crippen molar-refractivity contribution in [3.8, 4) is 0 Å². The van der Waals surface area contributed by atoms with Crippen LogP contribution in [0.15, 0.2) is 0 Å². The van der Waals surface area contributed by atoms with E-state index in [-0.39, 0.29) is 11.0 Å². The standard InChI is InChI=1S/C10H20FN/c1-9(2,3)10(4)7-8(11)5-6-12-10/h8,12H,5-7H2,1-4H3. The van der Waals surface area contributed by atoms with E-state index in [1.807, 2.05) is 0 Å². The Balaban J connectivity index is 2.70. The highest BCUT2D eigenvalue weighted by Gasteiger charge is 2.41. The summed E-state index contributed by atoms with van der Waals surface area (Å²) in [6.45, 7) is 9.43. The van der Waals surface area contributed by atoms with Crippen molar-refractivity contribution < 1.29 is 4.39 Å². The molecule has 2 heteroatoms. The highest BCUT2D eigenvalue weighted by atomic mass is 19.1. The van der Waals surface area contributed by atoms with Gasteiger partial charge < -0.3 is 5.32 Å². The van der Waals surface area contributed by atoms with Crippen molar-refractivity contribution >= 4 is 0 Å². The zero-order chi connectivity index (χ0) is 9.41. The largest absolute Gasteiger partial charge is 0.311 e. The lowest BCUT2D eigenvalue weighted by Gasteiger charge is -2.46. The van der Waals surface area contributed by atoms with E-state index < -0.39 is 6.17 Å². The van der Waals surface area contributed by atoms with Gasteiger partial charge in [-0.3, -0.25) is 0 Å². The van der Waals surface area contributed by atoms with Crippen LogP contribution in [0.2, 0.25) is 0 Å². The van der Waals surface area contributed by atoms with Gasteiger partial charge in [0.15, 0.2) is 0 Å². The minimum atomic E-state index is -0.615. The van der Waals surface area contributed by atoms with Gasteiger partial charge in [-0.05, 0) is 31.7 Å². The fraction of sp³-hybridized carbons (Fsp3) is 1.00. The molecule has 1 rings (SSSR count). The molecule has 2 unspecified atom stereocenters. The predicted octanol–water partition coefficient (Wildman–Crippen LogP) is 2.51. The molecular formula is C10H20FN. The second kappa shape index (κ2) is 2.99. The third-order valence-corrected chi connectivity index (χ3v) is 3.26. The van der Waals surface area contributed by atoms with E-state index in [2.05, 4.69) is 33.0 Å². The molecule has 2 atom stereocenters. The maximum atomic E-state index is 13.2. The fourth-order valence-electron chi connectivity index (χ4n) is 1.69. The van der Waals surface area contributed by atoms with E-state index in [1.165, 1.54) is 0 Å². The molecule has 1 heterocycles. The number of halogens is 1. The zero-order valence-corrected chi connectivity index (χ0v) is 8.58. The summed E-state index contributed by atoms with van der Waals surface area (Å²) in [4.78, 5) is 0. The van der Waals surface area contributed by atoms with E-state index in [1.54, 1.807) is 0 Å². The minimum Gasteiger partial charge on any atom is -0.311 e. The minimum absolute atomic E-state index is 0.0370. The highest BCUT2D eigenvalue weighted by Crippen LogP contribution is 2.36. The summed E-state index contributed by atoms with van der Waals surface area (Å²) >= 11 is 0. The smallest absolute Gasteiger partial charge is 0.103 e. The molecule has 1 nitrogen and oxygen atoms in total. The van der Waals surface area contributed by atoms with E-state index in [0.29, 0.717) is 12.8 Å². The Morgan fingerprint density at radius 3 is 2.33 bits per heavy atom. The third-order valence-electron chi connectivity index (χ3n) is 3.26. The van der Waals surface area contributed by atoms with Gasteiger partial charge >= 0.3 is 0 Å². The molecule has 0 saturated carbocycles. The van der Waals surface area contributed by atoms with Gasteiger partial charge in [0.05, 0.1) is 0 Å². The highest BCUT2D eigenvalue weighted by molar-refractivity contribution is 4.98. The average molecular weight is 173 g/mol. The van der Waals surface area contributed by atoms with Crippen molar-refractivity contribution in [3.05, 3.63) is 0 Å². The predicted molar refractivity (Wildman–Crippen MR) is 50.0 cm³/mol. The van der Waals surface area contributed by atoms with Crippen LogP contribution >= 0.6 is 0 Å². The summed E-state index contributed by atoms with van der Waals surface area (Å²) < 4.78 is 13.2. The van der Waals surface area contributed by atoms with Gasteiger partial charge in [0.25, 0.3) is 0 Å². The quantitative estimate of drug-likeness (QED) is 0.593. The molecule has 0 radical (unpaired) electrons. The molecule has 1 saturated heterocycles. The number of nitrogens with one attached hydrogen (secondary N) is 1. The lowest BCUT2D eigenvalue weighted by Crippen LogP contribution is -2.57. The summed E-state index contributed by atoms with van der Waals surface area (Å²) in [5.41, 5.74) is 0.0996. The maximum absolute atomic E-state index is 13.2. The molecule has 1 fully saturated rings. The van der Waals surface area contributed by atoms with Crippen LogP contribution in [0.3, 0.4) is 0 Å². The number of rotatable bonds is 0. The molecule has 0 aliphatic carbocycles. The molecule has 0 spiro atoms. The van der Waals surface area contributed by atoms with Crippen LogP contribution in [-0.2, 0) is 0 Å². The molecule has 0 aromatic heterocycles. The van der Waals surface area contributed by atoms with Crippen molar-refractivity contribution in [1.29, 1.82) is 0 Å². The fourth-order valence-corrected chi connectivity index (χ4v) is 1.69. The summed E-state index contributed by atoms with van der Waals surface area (Å²) in [5, 5.41) is 3.43. The second-order valence-electron chi connectivity index (χ2n) is 5.10. The Bertz CT molecular complexity index is 162. The number of hydrogen-bond donors (Lipinski definition) is 1. The monoisotopic (exact) mass is 173 g/mol. The van der Waals surface area contributed by atoms with Crippen molar-refractivity contribution in [3.63, 3.8) is 0 Å². The lowest BCUT2D eigenvalue weighted by molar-refractivity contribution is 0.0729. The van der Waals surface area contributed by atoms with Crippen LogP contribution in [-0.4, -0.2) is 18.3 Å². The van der Waals surface area contributed by atoms with Crippen molar-refractivity contribution in [2.75, 3.05) is 6.54 Å². The Morgan fingerprint density at radius 1 is 1.42 bits per heavy atom. The van der Waals surface area contributed by atoms with Gasteiger partial charge in [-0.15, -0.1) is 0 Å². The first-order chi connectivity index (χ1) is 5.35. The zero-order valence-electron chi connectivity index (χ0n) is 8.58. The summed E-state index contributed by atoms with van der Waals surface area (Å²) in [6, 6.07) is 0. The van der Waals surface area contributed by atoms with Crippen molar-refractivity contribution in [1.82, 2.24) is 5.32 Å². The second-order valence-corrected chi connectivity index (χ2v) is 5.10. The first kappa shape index (κ1) is 9.97. The van der Waals surface area contributed by atoms with Crippen LogP contribution in [0.4, 0.5) is 4.39 Å².